The van der Waals surface area contributed by atoms with Crippen LogP contribution in [0.3, 0.4) is 0 Å². The van der Waals surface area contributed by atoms with E-state index in [2.05, 4.69) is 20.8 Å². The summed E-state index contributed by atoms with van der Waals surface area (Å²) in [5.41, 5.74) is -4.82. The molecule has 2 saturated carbocycles. The second-order valence-electron chi connectivity index (χ2n) is 19.4. The Morgan fingerprint density at radius 1 is 0.678 bits per heavy atom. The lowest BCUT2D eigenvalue weighted by Crippen LogP contribution is -2.66. The zero-order valence-corrected chi connectivity index (χ0v) is 38.2. The quantitative estimate of drug-likeness (QED) is 0.0342. The van der Waals surface area contributed by atoms with Crippen molar-refractivity contribution in [2.45, 2.75) is 232 Å². The zero-order chi connectivity index (χ0) is 43.3. The van der Waals surface area contributed by atoms with Gasteiger partial charge in [0.15, 0.2) is 11.4 Å². The highest BCUT2D eigenvalue weighted by Crippen LogP contribution is 2.77. The fourth-order valence-corrected chi connectivity index (χ4v) is 11.2. The minimum Gasteiger partial charge on any atom is -0.461 e. The smallest absolute Gasteiger partial charge is 0.306 e. The summed E-state index contributed by atoms with van der Waals surface area (Å²) in [7, 11) is 0. The molecule has 0 aromatic rings. The molecular weight excluding hydrogens is 745 g/mol. The largest absolute Gasteiger partial charge is 0.461 e. The van der Waals surface area contributed by atoms with Gasteiger partial charge >= 0.3 is 17.9 Å². The van der Waals surface area contributed by atoms with Crippen molar-refractivity contribution in [2.24, 2.45) is 29.1 Å². The summed E-state index contributed by atoms with van der Waals surface area (Å²) in [6.45, 7) is 13.9. The molecule has 9 nitrogen and oxygen atoms in total. The van der Waals surface area contributed by atoms with E-state index in [0.717, 1.165) is 64.2 Å². The third kappa shape index (κ3) is 11.3. The fourth-order valence-electron chi connectivity index (χ4n) is 11.2. The van der Waals surface area contributed by atoms with Crippen LogP contribution in [0.4, 0.5) is 0 Å². The van der Waals surface area contributed by atoms with Gasteiger partial charge in [0.05, 0.1) is 5.60 Å². The molecule has 0 amide bonds. The highest BCUT2D eigenvalue weighted by atomic mass is 16.6. The van der Waals surface area contributed by atoms with Gasteiger partial charge in [0, 0.05) is 54.8 Å². The number of carbonyl (C=O) groups excluding carboxylic acids is 4. The number of hydrogen-bond donors (Lipinski definition) is 2. The van der Waals surface area contributed by atoms with Gasteiger partial charge in [0.1, 0.15) is 18.3 Å². The predicted molar refractivity (Wildman–Crippen MR) is 232 cm³/mol. The van der Waals surface area contributed by atoms with Crippen molar-refractivity contribution in [3.05, 3.63) is 23.3 Å². The van der Waals surface area contributed by atoms with Crippen LogP contribution in [0.5, 0.6) is 0 Å². The third-order valence-corrected chi connectivity index (χ3v) is 14.7. The van der Waals surface area contributed by atoms with Crippen molar-refractivity contribution < 1.29 is 43.6 Å². The van der Waals surface area contributed by atoms with Gasteiger partial charge in [-0.3, -0.25) is 19.2 Å². The van der Waals surface area contributed by atoms with Gasteiger partial charge in [0.25, 0.3) is 0 Å². The van der Waals surface area contributed by atoms with Gasteiger partial charge in [-0.05, 0) is 37.3 Å². The average Bonchev–Trinajstić information content (AvgIpc) is 3.62. The van der Waals surface area contributed by atoms with Gasteiger partial charge < -0.3 is 24.4 Å². The number of ketones is 1. The Hall–Kier alpha value is -2.52. The Morgan fingerprint density at radius 2 is 1.14 bits per heavy atom. The maximum Gasteiger partial charge on any atom is 0.306 e. The van der Waals surface area contributed by atoms with Crippen molar-refractivity contribution in [1.82, 2.24) is 0 Å². The van der Waals surface area contributed by atoms with Crippen LogP contribution in [0, 0.1) is 29.1 Å². The monoisotopic (exact) mass is 827 g/mol. The number of aliphatic hydroxyl groups is 2. The van der Waals surface area contributed by atoms with Gasteiger partial charge in [0.2, 0.25) is 0 Å². The van der Waals surface area contributed by atoms with E-state index in [-0.39, 0.29) is 44.2 Å². The SMILES string of the molecule is CCCCCCCCCC(=O)OCC1=CC2C3C(C)(C)C3(OC(=O)CCCCCCCCC)C(OC(=O)CCCCCCCCC)C(C)C2(O)C2C=C(C)C(=O)C2(O)C1. The van der Waals surface area contributed by atoms with E-state index < -0.39 is 63.7 Å². The average molecular weight is 827 g/mol. The van der Waals surface area contributed by atoms with E-state index in [1.54, 1.807) is 13.0 Å². The van der Waals surface area contributed by atoms with E-state index in [4.69, 9.17) is 14.2 Å². The van der Waals surface area contributed by atoms with Crippen LogP contribution in [0.2, 0.25) is 0 Å². The van der Waals surface area contributed by atoms with Gasteiger partial charge in [-0.1, -0.05) is 169 Å². The molecule has 0 spiro atoms. The van der Waals surface area contributed by atoms with Crippen molar-refractivity contribution in [2.75, 3.05) is 6.61 Å². The Bertz CT molecular complexity index is 1460. The van der Waals surface area contributed by atoms with E-state index in [0.29, 0.717) is 24.0 Å². The predicted octanol–water partition coefficient (Wildman–Crippen LogP) is 11.0. The summed E-state index contributed by atoms with van der Waals surface area (Å²) >= 11 is 0. The number of ether oxygens (including phenoxy) is 3. The standard InChI is InChI=1S/C50H82O9/c1-8-11-14-17-20-23-26-29-41(51)57-35-38-33-39-44-47(6,7)50(44,59-43(53)31-28-25-22-19-16-13-10-3)46(58-42(52)30-27-24-21-18-15-12-9-2)37(5)49(39,56)40-32-36(4)45(54)48(40,55)34-38/h32-33,37,39-40,44,46,55-56H,8-31,34-35H2,1-7H3. The first kappa shape index (κ1) is 49.1. The number of hydrogen-bond acceptors (Lipinski definition) is 9. The topological polar surface area (TPSA) is 136 Å². The molecular formula is C50H82O9. The number of carbonyl (C=O) groups is 4. The molecule has 0 bridgehead atoms. The molecule has 0 saturated heterocycles. The highest BCUT2D eigenvalue weighted by Gasteiger charge is 2.88. The summed E-state index contributed by atoms with van der Waals surface area (Å²) in [5.74, 6) is -4.62. The van der Waals surface area contributed by atoms with Crippen LogP contribution in [0.15, 0.2) is 23.3 Å². The molecule has 0 radical (unpaired) electrons. The van der Waals surface area contributed by atoms with Gasteiger partial charge in [-0.25, -0.2) is 0 Å². The molecule has 0 aromatic carbocycles. The summed E-state index contributed by atoms with van der Waals surface area (Å²) in [4.78, 5) is 54.5. The molecule has 4 aliphatic carbocycles. The van der Waals surface area contributed by atoms with Crippen LogP contribution < -0.4 is 0 Å². The molecule has 8 unspecified atom stereocenters. The second kappa shape index (κ2) is 22.5. The molecule has 4 rings (SSSR count). The van der Waals surface area contributed by atoms with Crippen LogP contribution in [0.1, 0.15) is 209 Å². The first-order chi connectivity index (χ1) is 28.2. The van der Waals surface area contributed by atoms with Crippen LogP contribution in [-0.4, -0.2) is 63.4 Å². The summed E-state index contributed by atoms with van der Waals surface area (Å²) < 4.78 is 18.9. The molecule has 336 valence electrons. The molecule has 0 heterocycles. The minimum absolute atomic E-state index is 0.110. The fraction of sp³-hybridized carbons (Fsp3) is 0.840. The van der Waals surface area contributed by atoms with Crippen LogP contribution >= 0.6 is 0 Å². The van der Waals surface area contributed by atoms with Gasteiger partial charge in [-0.15, -0.1) is 0 Å². The maximum atomic E-state index is 13.9. The first-order valence-corrected chi connectivity index (χ1v) is 24.1. The number of Topliss-reactive ketones (excluding diaryl/α,β-unsaturated/α-hetero) is 1. The lowest BCUT2D eigenvalue weighted by molar-refractivity contribution is -0.229. The first-order valence-electron chi connectivity index (χ1n) is 24.1. The lowest BCUT2D eigenvalue weighted by Gasteiger charge is -2.53. The number of esters is 3. The molecule has 9 heteroatoms. The van der Waals surface area contributed by atoms with E-state index >= 15 is 0 Å². The van der Waals surface area contributed by atoms with E-state index in [1.165, 1.54) is 57.8 Å². The molecule has 2 fully saturated rings. The zero-order valence-electron chi connectivity index (χ0n) is 38.2. The maximum absolute atomic E-state index is 13.9. The Balaban J connectivity index is 1.61. The summed E-state index contributed by atoms with van der Waals surface area (Å²) in [5, 5.41) is 25.8. The molecule has 2 N–H and O–H groups in total. The van der Waals surface area contributed by atoms with Crippen LogP contribution in [-0.2, 0) is 33.4 Å². The summed E-state index contributed by atoms with van der Waals surface area (Å²) in [6, 6.07) is 0. The normalized spacial score (nSPS) is 30.3. The van der Waals surface area contributed by atoms with Crippen molar-refractivity contribution in [3.63, 3.8) is 0 Å². The Labute approximate surface area is 357 Å². The third-order valence-electron chi connectivity index (χ3n) is 14.7. The lowest BCUT2D eigenvalue weighted by atomic mass is 9.59. The minimum atomic E-state index is -1.99. The van der Waals surface area contributed by atoms with E-state index in [1.807, 2.05) is 26.8 Å². The molecule has 4 aliphatic rings. The molecule has 0 aromatic heterocycles. The number of fused-ring (bicyclic) bond motifs is 5. The second-order valence-corrected chi connectivity index (χ2v) is 19.4. The van der Waals surface area contributed by atoms with Crippen molar-refractivity contribution >= 4 is 23.7 Å². The number of rotatable bonds is 28. The summed E-state index contributed by atoms with van der Waals surface area (Å²) in [6.07, 6.45) is 25.5. The molecule has 0 aliphatic heterocycles. The molecule has 59 heavy (non-hydrogen) atoms. The van der Waals surface area contributed by atoms with Crippen molar-refractivity contribution in [1.29, 1.82) is 0 Å². The van der Waals surface area contributed by atoms with Gasteiger partial charge in [-0.2, -0.15) is 0 Å². The van der Waals surface area contributed by atoms with E-state index in [9.17, 15) is 29.4 Å². The Morgan fingerprint density at radius 3 is 1.64 bits per heavy atom. The number of unbranched alkanes of at least 4 members (excludes halogenated alkanes) is 18. The van der Waals surface area contributed by atoms with Crippen molar-refractivity contribution in [3.8, 4) is 0 Å². The van der Waals surface area contributed by atoms with Crippen LogP contribution in [0.25, 0.3) is 0 Å². The molecule has 8 atom stereocenters. The Kier molecular flexibility index (Phi) is 18.8. The highest BCUT2D eigenvalue weighted by molar-refractivity contribution is 6.04.